The van der Waals surface area contributed by atoms with Gasteiger partial charge in [-0.3, -0.25) is 4.90 Å². The Morgan fingerprint density at radius 3 is 2.47 bits per heavy atom. The van der Waals surface area contributed by atoms with Crippen LogP contribution in [0.2, 0.25) is 0 Å². The van der Waals surface area contributed by atoms with Gasteiger partial charge in [0.25, 0.3) is 0 Å². The molecule has 0 unspecified atom stereocenters. The second kappa shape index (κ2) is 5.71. The van der Waals surface area contributed by atoms with E-state index >= 15 is 0 Å². The van der Waals surface area contributed by atoms with Crippen LogP contribution in [-0.2, 0) is 4.74 Å². The first kappa shape index (κ1) is 12.7. The maximum Gasteiger partial charge on any atom is 0.409 e. The topological polar surface area (TPSA) is 32.8 Å². The molecule has 1 aliphatic carbocycles. The molecule has 0 bridgehead atoms. The van der Waals surface area contributed by atoms with Gasteiger partial charge in [0.15, 0.2) is 0 Å². The number of ether oxygens (including phenoxy) is 1. The van der Waals surface area contributed by atoms with Crippen molar-refractivity contribution >= 4 is 6.09 Å². The number of carbonyl (C=O) groups is 1. The first-order valence-electron chi connectivity index (χ1n) is 6.86. The third kappa shape index (κ3) is 3.12. The van der Waals surface area contributed by atoms with E-state index in [1.54, 1.807) is 0 Å². The van der Waals surface area contributed by atoms with E-state index in [0.717, 1.165) is 38.1 Å². The van der Waals surface area contributed by atoms with E-state index in [2.05, 4.69) is 11.8 Å². The van der Waals surface area contributed by atoms with Gasteiger partial charge >= 0.3 is 6.09 Å². The van der Waals surface area contributed by atoms with Crippen molar-refractivity contribution in [3.63, 3.8) is 0 Å². The maximum atomic E-state index is 11.6. The van der Waals surface area contributed by atoms with Crippen LogP contribution in [0.4, 0.5) is 4.79 Å². The predicted octanol–water partition coefficient (Wildman–Crippen LogP) is 1.95. The van der Waals surface area contributed by atoms with E-state index in [9.17, 15) is 4.79 Å². The molecule has 2 atom stereocenters. The lowest BCUT2D eigenvalue weighted by atomic mass is 10.1. The van der Waals surface area contributed by atoms with Crippen LogP contribution in [-0.4, -0.2) is 54.7 Å². The first-order chi connectivity index (χ1) is 8.20. The zero-order chi connectivity index (χ0) is 12.3. The van der Waals surface area contributed by atoms with Crippen molar-refractivity contribution in [2.75, 3.05) is 32.8 Å². The minimum atomic E-state index is -0.146. The molecule has 2 fully saturated rings. The van der Waals surface area contributed by atoms with Crippen LogP contribution < -0.4 is 0 Å². The summed E-state index contributed by atoms with van der Waals surface area (Å²) in [5.74, 6) is 0.878. The maximum absolute atomic E-state index is 11.6. The van der Waals surface area contributed by atoms with Crippen LogP contribution in [0.15, 0.2) is 0 Å². The number of nitrogens with zero attached hydrogens (tertiary/aromatic N) is 2. The van der Waals surface area contributed by atoms with E-state index in [-0.39, 0.29) is 6.09 Å². The lowest BCUT2D eigenvalue weighted by Gasteiger charge is -2.37. The van der Waals surface area contributed by atoms with Gasteiger partial charge in [-0.1, -0.05) is 6.92 Å². The van der Waals surface area contributed by atoms with Gasteiger partial charge in [0, 0.05) is 32.2 Å². The number of hydrogen-bond donors (Lipinski definition) is 0. The zero-order valence-electron chi connectivity index (χ0n) is 11.0. The van der Waals surface area contributed by atoms with Crippen molar-refractivity contribution in [1.29, 1.82) is 0 Å². The third-order valence-electron chi connectivity index (χ3n) is 4.02. The molecule has 17 heavy (non-hydrogen) atoms. The van der Waals surface area contributed by atoms with Crippen molar-refractivity contribution in [2.24, 2.45) is 5.92 Å². The second-order valence-electron chi connectivity index (χ2n) is 5.29. The average Bonchev–Trinajstić information content (AvgIpc) is 2.76. The van der Waals surface area contributed by atoms with Gasteiger partial charge < -0.3 is 9.64 Å². The minimum absolute atomic E-state index is 0.146. The van der Waals surface area contributed by atoms with E-state index in [1.165, 1.54) is 19.3 Å². The van der Waals surface area contributed by atoms with E-state index in [1.807, 2.05) is 11.8 Å². The zero-order valence-corrected chi connectivity index (χ0v) is 11.0. The SMILES string of the molecule is CCOC(=O)N1CCN([C@@H]2CC[C@H](C)C2)CC1. The molecule has 2 rings (SSSR count). The molecular formula is C13H24N2O2. The van der Waals surface area contributed by atoms with Crippen molar-refractivity contribution in [2.45, 2.75) is 39.2 Å². The molecule has 1 saturated carbocycles. The molecule has 0 N–H and O–H groups in total. The van der Waals surface area contributed by atoms with Crippen LogP contribution in [0, 0.1) is 5.92 Å². The van der Waals surface area contributed by atoms with Gasteiger partial charge in [0.2, 0.25) is 0 Å². The molecule has 2 aliphatic rings. The van der Waals surface area contributed by atoms with Gasteiger partial charge in [-0.25, -0.2) is 4.79 Å². The Labute approximate surface area is 104 Å². The number of piperazine rings is 1. The summed E-state index contributed by atoms with van der Waals surface area (Å²) in [6.07, 6.45) is 3.88. The molecule has 0 aromatic carbocycles. The number of amides is 1. The molecule has 1 amide bonds. The van der Waals surface area contributed by atoms with Crippen molar-refractivity contribution in [1.82, 2.24) is 9.80 Å². The fourth-order valence-corrected chi connectivity index (χ4v) is 2.99. The van der Waals surface area contributed by atoms with Crippen LogP contribution in [0.1, 0.15) is 33.1 Å². The molecule has 0 radical (unpaired) electrons. The highest BCUT2D eigenvalue weighted by molar-refractivity contribution is 5.67. The molecule has 4 heteroatoms. The Bertz CT molecular complexity index is 262. The smallest absolute Gasteiger partial charge is 0.409 e. The summed E-state index contributed by atoms with van der Waals surface area (Å²) in [5.41, 5.74) is 0. The molecular weight excluding hydrogens is 216 g/mol. The lowest BCUT2D eigenvalue weighted by molar-refractivity contribution is 0.0663. The highest BCUT2D eigenvalue weighted by Gasteiger charge is 2.30. The molecule has 1 saturated heterocycles. The highest BCUT2D eigenvalue weighted by Crippen LogP contribution is 2.29. The molecule has 0 aromatic rings. The largest absolute Gasteiger partial charge is 0.450 e. The number of carbonyl (C=O) groups excluding carboxylic acids is 1. The molecule has 1 heterocycles. The fourth-order valence-electron chi connectivity index (χ4n) is 2.99. The predicted molar refractivity (Wildman–Crippen MR) is 67.0 cm³/mol. The highest BCUT2D eigenvalue weighted by atomic mass is 16.6. The number of hydrogen-bond acceptors (Lipinski definition) is 3. The van der Waals surface area contributed by atoms with Crippen molar-refractivity contribution in [3.8, 4) is 0 Å². The minimum Gasteiger partial charge on any atom is -0.450 e. The van der Waals surface area contributed by atoms with Crippen LogP contribution in [0.3, 0.4) is 0 Å². The summed E-state index contributed by atoms with van der Waals surface area (Å²) in [6.45, 7) is 8.34. The van der Waals surface area contributed by atoms with Gasteiger partial charge in [-0.15, -0.1) is 0 Å². The Kier molecular flexibility index (Phi) is 4.26. The normalized spacial score (nSPS) is 30.6. The van der Waals surface area contributed by atoms with Gasteiger partial charge in [0.05, 0.1) is 6.61 Å². The summed E-state index contributed by atoms with van der Waals surface area (Å²) in [6, 6.07) is 0.759. The standard InChI is InChI=1S/C13H24N2O2/c1-3-17-13(16)15-8-6-14(7-9-15)12-5-4-11(2)10-12/h11-12H,3-10H2,1-2H3/t11-,12+/m0/s1. The Hall–Kier alpha value is -0.770. The van der Waals surface area contributed by atoms with Gasteiger partial charge in [-0.05, 0) is 32.1 Å². The molecule has 0 spiro atoms. The van der Waals surface area contributed by atoms with Crippen LogP contribution in [0.25, 0.3) is 0 Å². The lowest BCUT2D eigenvalue weighted by Crippen LogP contribution is -2.51. The van der Waals surface area contributed by atoms with E-state index in [0.29, 0.717) is 6.61 Å². The van der Waals surface area contributed by atoms with Crippen LogP contribution in [0.5, 0.6) is 0 Å². The first-order valence-corrected chi connectivity index (χ1v) is 6.86. The Morgan fingerprint density at radius 1 is 1.24 bits per heavy atom. The van der Waals surface area contributed by atoms with Crippen LogP contribution >= 0.6 is 0 Å². The summed E-state index contributed by atoms with van der Waals surface area (Å²) in [5, 5.41) is 0. The summed E-state index contributed by atoms with van der Waals surface area (Å²) in [7, 11) is 0. The van der Waals surface area contributed by atoms with E-state index < -0.39 is 0 Å². The number of rotatable bonds is 2. The molecule has 4 nitrogen and oxygen atoms in total. The molecule has 98 valence electrons. The summed E-state index contributed by atoms with van der Waals surface area (Å²) >= 11 is 0. The third-order valence-corrected chi connectivity index (χ3v) is 4.02. The summed E-state index contributed by atoms with van der Waals surface area (Å²) < 4.78 is 5.03. The van der Waals surface area contributed by atoms with Crippen molar-refractivity contribution in [3.05, 3.63) is 0 Å². The summed E-state index contributed by atoms with van der Waals surface area (Å²) in [4.78, 5) is 15.9. The average molecular weight is 240 g/mol. The molecule has 0 aromatic heterocycles. The molecule has 1 aliphatic heterocycles. The second-order valence-corrected chi connectivity index (χ2v) is 5.29. The quantitative estimate of drug-likeness (QED) is 0.739. The van der Waals surface area contributed by atoms with Gasteiger partial charge in [-0.2, -0.15) is 0 Å². The monoisotopic (exact) mass is 240 g/mol. The Morgan fingerprint density at radius 2 is 1.94 bits per heavy atom. The van der Waals surface area contributed by atoms with Crippen molar-refractivity contribution < 1.29 is 9.53 Å². The van der Waals surface area contributed by atoms with Gasteiger partial charge in [0.1, 0.15) is 0 Å². The van der Waals surface area contributed by atoms with E-state index in [4.69, 9.17) is 4.74 Å². The Balaban J connectivity index is 1.76. The fraction of sp³-hybridized carbons (Fsp3) is 0.923.